The van der Waals surface area contributed by atoms with Gasteiger partial charge in [0.1, 0.15) is 5.76 Å². The largest absolute Gasteiger partial charge is 0.493 e. The average Bonchev–Trinajstić information content (AvgIpc) is 2.56. The molecular formula is C13H16O2. The lowest BCUT2D eigenvalue weighted by atomic mass is 10.1. The predicted molar refractivity (Wildman–Crippen MR) is 61.6 cm³/mol. The molecule has 2 nitrogen and oxygen atoms in total. The van der Waals surface area contributed by atoms with Crippen molar-refractivity contribution >= 4 is 11.0 Å². The second-order valence-electron chi connectivity index (χ2n) is 4.08. The highest BCUT2D eigenvalue weighted by Crippen LogP contribution is 2.35. The molecule has 0 aliphatic carbocycles. The first-order chi connectivity index (χ1) is 7.15. The summed E-state index contributed by atoms with van der Waals surface area (Å²) in [6.07, 6.45) is 0. The number of hydrogen-bond acceptors (Lipinski definition) is 2. The first-order valence-corrected chi connectivity index (χ1v) is 5.21. The molecule has 80 valence electrons. The van der Waals surface area contributed by atoms with E-state index in [9.17, 15) is 0 Å². The maximum atomic E-state index is 5.86. The van der Waals surface area contributed by atoms with Crippen molar-refractivity contribution in [1.29, 1.82) is 0 Å². The highest BCUT2D eigenvalue weighted by Gasteiger charge is 2.15. The molecule has 2 rings (SSSR count). The van der Waals surface area contributed by atoms with Crippen LogP contribution in [0.15, 0.2) is 22.6 Å². The molecule has 2 aromatic rings. The van der Waals surface area contributed by atoms with Gasteiger partial charge in [-0.15, -0.1) is 0 Å². The van der Waals surface area contributed by atoms with E-state index in [0.29, 0.717) is 5.92 Å². The van der Waals surface area contributed by atoms with Crippen molar-refractivity contribution in [2.45, 2.75) is 26.7 Å². The van der Waals surface area contributed by atoms with Crippen LogP contribution in [0.4, 0.5) is 0 Å². The Morgan fingerprint density at radius 1 is 1.27 bits per heavy atom. The molecule has 0 unspecified atom stereocenters. The Morgan fingerprint density at radius 3 is 2.60 bits per heavy atom. The summed E-state index contributed by atoms with van der Waals surface area (Å²) in [5, 5.41) is 1.15. The summed E-state index contributed by atoms with van der Waals surface area (Å²) >= 11 is 0. The molecule has 0 spiro atoms. The minimum atomic E-state index is 0.405. The number of para-hydroxylation sites is 1. The van der Waals surface area contributed by atoms with Crippen LogP contribution >= 0.6 is 0 Å². The minimum Gasteiger partial charge on any atom is -0.493 e. The molecule has 0 atom stereocenters. The van der Waals surface area contributed by atoms with Gasteiger partial charge in [-0.2, -0.15) is 0 Å². The summed E-state index contributed by atoms with van der Waals surface area (Å²) in [6, 6.07) is 5.99. The Kier molecular flexibility index (Phi) is 2.43. The van der Waals surface area contributed by atoms with E-state index in [2.05, 4.69) is 26.8 Å². The van der Waals surface area contributed by atoms with Crippen molar-refractivity contribution < 1.29 is 9.15 Å². The van der Waals surface area contributed by atoms with Gasteiger partial charge in [0.25, 0.3) is 0 Å². The number of furan rings is 1. The van der Waals surface area contributed by atoms with Crippen LogP contribution in [0.3, 0.4) is 0 Å². The molecular weight excluding hydrogens is 188 g/mol. The normalized spacial score (nSPS) is 11.3. The summed E-state index contributed by atoms with van der Waals surface area (Å²) < 4.78 is 11.1. The lowest BCUT2D eigenvalue weighted by Crippen LogP contribution is -1.85. The second-order valence-corrected chi connectivity index (χ2v) is 4.08. The molecule has 0 radical (unpaired) electrons. The van der Waals surface area contributed by atoms with Gasteiger partial charge in [-0.3, -0.25) is 0 Å². The van der Waals surface area contributed by atoms with E-state index < -0.39 is 0 Å². The molecule has 1 aromatic heterocycles. The Labute approximate surface area is 89.8 Å². The standard InChI is InChI=1S/C13H16O2/c1-8(2)12-9(3)10-6-5-7-11(14-4)13(10)15-12/h5-8H,1-4H3. The Morgan fingerprint density at radius 2 is 2.00 bits per heavy atom. The van der Waals surface area contributed by atoms with Crippen molar-refractivity contribution in [3.05, 3.63) is 29.5 Å². The molecule has 2 heteroatoms. The van der Waals surface area contributed by atoms with Gasteiger partial charge in [0.2, 0.25) is 0 Å². The van der Waals surface area contributed by atoms with E-state index >= 15 is 0 Å². The molecule has 0 saturated heterocycles. The van der Waals surface area contributed by atoms with Crippen LogP contribution in [0.25, 0.3) is 11.0 Å². The van der Waals surface area contributed by atoms with Gasteiger partial charge in [0.15, 0.2) is 11.3 Å². The third-order valence-corrected chi connectivity index (χ3v) is 2.71. The summed E-state index contributed by atoms with van der Waals surface area (Å²) in [4.78, 5) is 0. The zero-order valence-corrected chi connectivity index (χ0v) is 9.63. The van der Waals surface area contributed by atoms with E-state index in [1.54, 1.807) is 7.11 Å². The van der Waals surface area contributed by atoms with Gasteiger partial charge in [-0.05, 0) is 18.6 Å². The first-order valence-electron chi connectivity index (χ1n) is 5.21. The number of aryl methyl sites for hydroxylation is 1. The molecule has 0 aliphatic rings. The zero-order chi connectivity index (χ0) is 11.0. The van der Waals surface area contributed by atoms with Crippen molar-refractivity contribution in [3.63, 3.8) is 0 Å². The molecule has 0 aliphatic heterocycles. The smallest absolute Gasteiger partial charge is 0.176 e. The van der Waals surface area contributed by atoms with Crippen LogP contribution < -0.4 is 4.74 Å². The van der Waals surface area contributed by atoms with Gasteiger partial charge < -0.3 is 9.15 Å². The van der Waals surface area contributed by atoms with Crippen LogP contribution in [0.1, 0.15) is 31.1 Å². The van der Waals surface area contributed by atoms with Crippen molar-refractivity contribution in [3.8, 4) is 5.75 Å². The molecule has 0 amide bonds. The van der Waals surface area contributed by atoms with E-state index in [-0.39, 0.29) is 0 Å². The summed E-state index contributed by atoms with van der Waals surface area (Å²) in [5.74, 6) is 2.26. The molecule has 0 saturated carbocycles. The number of methoxy groups -OCH3 is 1. The number of rotatable bonds is 2. The maximum absolute atomic E-state index is 5.86. The molecule has 1 heterocycles. The Bertz CT molecular complexity index is 480. The summed E-state index contributed by atoms with van der Waals surface area (Å²) in [5.41, 5.74) is 2.08. The topological polar surface area (TPSA) is 22.4 Å². The van der Waals surface area contributed by atoms with Crippen LogP contribution in [0.5, 0.6) is 5.75 Å². The van der Waals surface area contributed by atoms with Crippen molar-refractivity contribution in [2.75, 3.05) is 7.11 Å². The van der Waals surface area contributed by atoms with Gasteiger partial charge in [0, 0.05) is 11.3 Å². The Balaban J connectivity index is 2.75. The third kappa shape index (κ3) is 1.50. The lowest BCUT2D eigenvalue weighted by molar-refractivity contribution is 0.406. The fourth-order valence-electron chi connectivity index (χ4n) is 1.95. The number of hydrogen-bond donors (Lipinski definition) is 0. The fraction of sp³-hybridized carbons (Fsp3) is 0.385. The van der Waals surface area contributed by atoms with Crippen LogP contribution in [0.2, 0.25) is 0 Å². The lowest BCUT2D eigenvalue weighted by Gasteiger charge is -2.00. The van der Waals surface area contributed by atoms with Crippen LogP contribution in [-0.2, 0) is 0 Å². The molecule has 0 N–H and O–H groups in total. The van der Waals surface area contributed by atoms with E-state index in [1.807, 2.05) is 12.1 Å². The van der Waals surface area contributed by atoms with Crippen molar-refractivity contribution in [1.82, 2.24) is 0 Å². The number of ether oxygens (including phenoxy) is 1. The highest BCUT2D eigenvalue weighted by atomic mass is 16.5. The molecule has 15 heavy (non-hydrogen) atoms. The Hall–Kier alpha value is -1.44. The molecule has 0 fully saturated rings. The zero-order valence-electron chi connectivity index (χ0n) is 9.63. The van der Waals surface area contributed by atoms with E-state index in [1.165, 1.54) is 5.56 Å². The number of benzene rings is 1. The first kappa shape index (κ1) is 10.1. The highest BCUT2D eigenvalue weighted by molar-refractivity contribution is 5.87. The fourth-order valence-corrected chi connectivity index (χ4v) is 1.95. The average molecular weight is 204 g/mol. The summed E-state index contributed by atoms with van der Waals surface area (Å²) in [6.45, 7) is 6.37. The maximum Gasteiger partial charge on any atom is 0.176 e. The van der Waals surface area contributed by atoms with E-state index in [4.69, 9.17) is 9.15 Å². The van der Waals surface area contributed by atoms with Gasteiger partial charge in [0.05, 0.1) is 7.11 Å². The third-order valence-electron chi connectivity index (χ3n) is 2.71. The molecule has 1 aromatic carbocycles. The van der Waals surface area contributed by atoms with Crippen LogP contribution in [0, 0.1) is 6.92 Å². The SMILES string of the molecule is COc1cccc2c(C)c(C(C)C)oc12. The second kappa shape index (κ2) is 3.61. The van der Waals surface area contributed by atoms with Gasteiger partial charge >= 0.3 is 0 Å². The summed E-state index contributed by atoms with van der Waals surface area (Å²) in [7, 11) is 1.67. The monoisotopic (exact) mass is 204 g/mol. The van der Waals surface area contributed by atoms with E-state index in [0.717, 1.165) is 22.5 Å². The molecule has 0 bridgehead atoms. The van der Waals surface area contributed by atoms with Gasteiger partial charge in [-0.25, -0.2) is 0 Å². The van der Waals surface area contributed by atoms with Gasteiger partial charge in [-0.1, -0.05) is 26.0 Å². The predicted octanol–water partition coefficient (Wildman–Crippen LogP) is 3.87. The van der Waals surface area contributed by atoms with Crippen molar-refractivity contribution in [2.24, 2.45) is 0 Å². The van der Waals surface area contributed by atoms with Crippen LogP contribution in [-0.4, -0.2) is 7.11 Å². The minimum absolute atomic E-state index is 0.405. The quantitative estimate of drug-likeness (QED) is 0.740. The number of fused-ring (bicyclic) bond motifs is 1.